The number of carboxylic acid groups (broad SMARTS) is 1. The van der Waals surface area contributed by atoms with Crippen LogP contribution in [0.15, 0.2) is 30.3 Å². The summed E-state index contributed by atoms with van der Waals surface area (Å²) in [5.41, 5.74) is 6.79. The first-order chi connectivity index (χ1) is 16.0. The molecule has 10 heteroatoms. The fraction of sp³-hybridized carbons (Fsp3) is 0.583. The van der Waals surface area contributed by atoms with Crippen molar-refractivity contribution < 1.29 is 24.3 Å². The maximum atomic E-state index is 13.2. The third kappa shape index (κ3) is 9.72. The van der Waals surface area contributed by atoms with Crippen LogP contribution in [-0.4, -0.2) is 65.0 Å². The lowest BCUT2D eigenvalue weighted by Crippen LogP contribution is -2.59. The molecular formula is C24H38N4O5S. The van der Waals surface area contributed by atoms with Gasteiger partial charge in [0, 0.05) is 6.42 Å². The van der Waals surface area contributed by atoms with E-state index in [0.29, 0.717) is 5.75 Å². The van der Waals surface area contributed by atoms with Gasteiger partial charge in [-0.05, 0) is 35.8 Å². The van der Waals surface area contributed by atoms with Gasteiger partial charge in [0.25, 0.3) is 0 Å². The van der Waals surface area contributed by atoms with Gasteiger partial charge in [-0.1, -0.05) is 58.0 Å². The molecule has 4 atom stereocenters. The number of hydrogen-bond acceptors (Lipinski definition) is 6. The first kappa shape index (κ1) is 29.4. The largest absolute Gasteiger partial charge is 0.480 e. The highest BCUT2D eigenvalue weighted by molar-refractivity contribution is 7.98. The number of rotatable bonds is 14. The Morgan fingerprint density at radius 2 is 1.47 bits per heavy atom. The molecule has 0 saturated heterocycles. The maximum absolute atomic E-state index is 13.2. The highest BCUT2D eigenvalue weighted by Gasteiger charge is 2.32. The van der Waals surface area contributed by atoms with Gasteiger partial charge in [-0.2, -0.15) is 11.8 Å². The molecule has 0 spiro atoms. The summed E-state index contributed by atoms with van der Waals surface area (Å²) in [7, 11) is 0. The molecule has 190 valence electrons. The number of carboxylic acids is 1. The number of hydrogen-bond donors (Lipinski definition) is 5. The molecular weight excluding hydrogens is 456 g/mol. The van der Waals surface area contributed by atoms with E-state index in [2.05, 4.69) is 16.0 Å². The van der Waals surface area contributed by atoms with Crippen molar-refractivity contribution in [1.82, 2.24) is 16.0 Å². The van der Waals surface area contributed by atoms with Gasteiger partial charge in [0.05, 0.1) is 6.04 Å². The number of thioether (sulfide) groups is 1. The van der Waals surface area contributed by atoms with Gasteiger partial charge in [-0.25, -0.2) is 4.79 Å². The van der Waals surface area contributed by atoms with E-state index in [1.165, 1.54) is 11.8 Å². The summed E-state index contributed by atoms with van der Waals surface area (Å²) >= 11 is 1.48. The van der Waals surface area contributed by atoms with Gasteiger partial charge >= 0.3 is 5.97 Å². The van der Waals surface area contributed by atoms with Crippen LogP contribution in [0.3, 0.4) is 0 Å². The molecule has 0 heterocycles. The van der Waals surface area contributed by atoms with Crippen LogP contribution in [-0.2, 0) is 25.6 Å². The van der Waals surface area contributed by atoms with E-state index in [-0.39, 0.29) is 24.7 Å². The van der Waals surface area contributed by atoms with Gasteiger partial charge in [-0.15, -0.1) is 0 Å². The topological polar surface area (TPSA) is 151 Å². The molecule has 6 N–H and O–H groups in total. The molecule has 0 aliphatic carbocycles. The van der Waals surface area contributed by atoms with Gasteiger partial charge in [0.1, 0.15) is 18.1 Å². The quantitative estimate of drug-likeness (QED) is 0.260. The minimum atomic E-state index is -1.13. The Bertz CT molecular complexity index is 819. The fourth-order valence-electron chi connectivity index (χ4n) is 3.17. The van der Waals surface area contributed by atoms with Crippen molar-refractivity contribution in [3.05, 3.63) is 35.9 Å². The molecule has 4 unspecified atom stereocenters. The summed E-state index contributed by atoms with van der Waals surface area (Å²) in [5, 5.41) is 17.4. The molecule has 0 bridgehead atoms. The van der Waals surface area contributed by atoms with Crippen LogP contribution in [0.1, 0.15) is 39.7 Å². The lowest BCUT2D eigenvalue weighted by atomic mass is 9.99. The Balaban J connectivity index is 3.04. The molecule has 1 aromatic carbocycles. The molecule has 0 saturated carbocycles. The summed E-state index contributed by atoms with van der Waals surface area (Å²) in [5.74, 6) is -2.59. The predicted molar refractivity (Wildman–Crippen MR) is 134 cm³/mol. The summed E-state index contributed by atoms with van der Waals surface area (Å²) in [6.07, 6.45) is 2.33. The minimum absolute atomic E-state index is 0.121. The molecule has 0 aliphatic rings. The van der Waals surface area contributed by atoms with Crippen LogP contribution in [0.5, 0.6) is 0 Å². The van der Waals surface area contributed by atoms with Crippen molar-refractivity contribution in [2.24, 2.45) is 17.6 Å². The van der Waals surface area contributed by atoms with E-state index in [0.717, 1.165) is 5.56 Å². The molecule has 0 radical (unpaired) electrons. The average Bonchev–Trinajstić information content (AvgIpc) is 2.78. The summed E-state index contributed by atoms with van der Waals surface area (Å²) in [6.45, 7) is 7.13. The van der Waals surface area contributed by atoms with Crippen LogP contribution in [0, 0.1) is 11.8 Å². The Kier molecular flexibility index (Phi) is 12.7. The molecule has 0 aromatic heterocycles. The van der Waals surface area contributed by atoms with Crippen molar-refractivity contribution in [2.45, 2.75) is 64.7 Å². The summed E-state index contributed by atoms with van der Waals surface area (Å²) in [6, 6.07) is 5.41. The molecule has 1 aromatic rings. The zero-order chi connectivity index (χ0) is 25.8. The molecule has 0 fully saturated rings. The van der Waals surface area contributed by atoms with E-state index in [1.54, 1.807) is 13.8 Å². The van der Waals surface area contributed by atoms with Crippen LogP contribution < -0.4 is 21.7 Å². The number of carbonyl (C=O) groups excluding carboxylic acids is 3. The van der Waals surface area contributed by atoms with Gasteiger partial charge in [0.15, 0.2) is 0 Å². The highest BCUT2D eigenvalue weighted by Crippen LogP contribution is 2.09. The van der Waals surface area contributed by atoms with Crippen molar-refractivity contribution in [3.63, 3.8) is 0 Å². The van der Waals surface area contributed by atoms with E-state index in [9.17, 15) is 24.3 Å². The lowest BCUT2D eigenvalue weighted by Gasteiger charge is -2.27. The van der Waals surface area contributed by atoms with E-state index in [4.69, 9.17) is 5.73 Å². The zero-order valence-electron chi connectivity index (χ0n) is 20.5. The summed E-state index contributed by atoms with van der Waals surface area (Å²) < 4.78 is 0. The Hall–Kier alpha value is -2.59. The average molecular weight is 495 g/mol. The zero-order valence-corrected chi connectivity index (χ0v) is 21.4. The van der Waals surface area contributed by atoms with Crippen molar-refractivity contribution >= 4 is 35.5 Å². The predicted octanol–water partition coefficient (Wildman–Crippen LogP) is 1.16. The molecule has 3 amide bonds. The van der Waals surface area contributed by atoms with Crippen LogP contribution in [0.4, 0.5) is 0 Å². The second-order valence-electron chi connectivity index (χ2n) is 8.93. The smallest absolute Gasteiger partial charge is 0.326 e. The number of benzene rings is 1. The standard InChI is InChI=1S/C24H38N4O5S/c1-14(2)19(25)22(30)27-18(13-16-9-7-6-8-10-16)21(29)28-20(15(3)4)23(31)26-17(24(32)33)11-12-34-5/h6-10,14-15,17-20H,11-13,25H2,1-5H3,(H,26,31)(H,27,30)(H,28,29)(H,32,33). The number of amides is 3. The SMILES string of the molecule is CSCCC(NC(=O)C(NC(=O)C(Cc1ccccc1)NC(=O)C(N)C(C)C)C(C)C)C(=O)O. The van der Waals surface area contributed by atoms with Gasteiger partial charge < -0.3 is 26.8 Å². The van der Waals surface area contributed by atoms with E-state index in [1.807, 2.05) is 50.4 Å². The normalized spacial score (nSPS) is 14.7. The van der Waals surface area contributed by atoms with Crippen molar-refractivity contribution in [1.29, 1.82) is 0 Å². The van der Waals surface area contributed by atoms with E-state index < -0.39 is 47.9 Å². The van der Waals surface area contributed by atoms with Crippen molar-refractivity contribution in [3.8, 4) is 0 Å². The van der Waals surface area contributed by atoms with Gasteiger partial charge in [0.2, 0.25) is 17.7 Å². The molecule has 34 heavy (non-hydrogen) atoms. The Morgan fingerprint density at radius 3 is 1.97 bits per heavy atom. The van der Waals surface area contributed by atoms with Gasteiger partial charge in [-0.3, -0.25) is 14.4 Å². The number of nitrogens with two attached hydrogens (primary N) is 1. The second kappa shape index (κ2) is 14.6. The monoisotopic (exact) mass is 494 g/mol. The van der Waals surface area contributed by atoms with Crippen LogP contribution >= 0.6 is 11.8 Å². The molecule has 0 aliphatic heterocycles. The fourth-order valence-corrected chi connectivity index (χ4v) is 3.64. The number of aliphatic carboxylic acids is 1. The summed E-state index contributed by atoms with van der Waals surface area (Å²) in [4.78, 5) is 50.3. The third-order valence-corrected chi connectivity index (χ3v) is 6.05. The second-order valence-corrected chi connectivity index (χ2v) is 9.92. The first-order valence-corrected chi connectivity index (χ1v) is 12.8. The van der Waals surface area contributed by atoms with Crippen molar-refractivity contribution in [2.75, 3.05) is 12.0 Å². The number of nitrogens with one attached hydrogen (secondary N) is 3. The van der Waals surface area contributed by atoms with Crippen LogP contribution in [0.25, 0.3) is 0 Å². The first-order valence-electron chi connectivity index (χ1n) is 11.4. The minimum Gasteiger partial charge on any atom is -0.480 e. The third-order valence-electron chi connectivity index (χ3n) is 5.41. The van der Waals surface area contributed by atoms with E-state index >= 15 is 0 Å². The Morgan fingerprint density at radius 1 is 0.882 bits per heavy atom. The lowest BCUT2D eigenvalue weighted by molar-refractivity contribution is -0.142. The molecule has 1 rings (SSSR count). The number of carbonyl (C=O) groups is 4. The van der Waals surface area contributed by atoms with Crippen LogP contribution in [0.2, 0.25) is 0 Å². The Labute approximate surface area is 206 Å². The maximum Gasteiger partial charge on any atom is 0.326 e. The highest BCUT2D eigenvalue weighted by atomic mass is 32.2. The molecule has 9 nitrogen and oxygen atoms in total.